The SMILES string of the molecule is C[C@H](NC(=O)OC(C)(C)C)C(=O)N1CCC(Cn2c(Sc3cc4c(cc3Br)OCCO4)nc3c(N)ncnc32)CC1. The Morgan fingerprint density at radius 1 is 1.20 bits per heavy atom. The maximum atomic E-state index is 13.0. The van der Waals surface area contributed by atoms with E-state index in [4.69, 9.17) is 24.9 Å². The van der Waals surface area contributed by atoms with Crippen LogP contribution in [-0.2, 0) is 16.1 Å². The van der Waals surface area contributed by atoms with E-state index in [2.05, 4.69) is 35.8 Å². The number of hydrogen-bond donors (Lipinski definition) is 2. The minimum absolute atomic E-state index is 0.123. The van der Waals surface area contributed by atoms with Crippen LogP contribution >= 0.6 is 27.7 Å². The summed E-state index contributed by atoms with van der Waals surface area (Å²) in [4.78, 5) is 41.3. The maximum absolute atomic E-state index is 13.0. The van der Waals surface area contributed by atoms with Crippen LogP contribution in [0, 0.1) is 5.92 Å². The van der Waals surface area contributed by atoms with Gasteiger partial charge in [-0.1, -0.05) is 11.8 Å². The summed E-state index contributed by atoms with van der Waals surface area (Å²) in [6.07, 6.45) is 2.44. The van der Waals surface area contributed by atoms with Crippen LogP contribution < -0.4 is 20.5 Å². The van der Waals surface area contributed by atoms with Crippen molar-refractivity contribution in [1.82, 2.24) is 29.7 Å². The Hall–Kier alpha value is -3.26. The number of nitrogens with zero attached hydrogens (tertiary/aromatic N) is 5. The molecule has 2 aliphatic heterocycles. The van der Waals surface area contributed by atoms with E-state index >= 15 is 0 Å². The largest absolute Gasteiger partial charge is 0.486 e. The lowest BCUT2D eigenvalue weighted by Crippen LogP contribution is -2.50. The van der Waals surface area contributed by atoms with Crippen molar-refractivity contribution in [3.63, 3.8) is 0 Å². The first kappa shape index (κ1) is 29.2. The molecule has 1 aromatic carbocycles. The average molecular weight is 649 g/mol. The lowest BCUT2D eigenvalue weighted by molar-refractivity contribution is -0.134. The number of amides is 2. The van der Waals surface area contributed by atoms with Gasteiger partial charge < -0.3 is 34.7 Å². The van der Waals surface area contributed by atoms with Crippen LogP contribution in [0.1, 0.15) is 40.5 Å². The predicted octanol–water partition coefficient (Wildman–Crippen LogP) is 4.25. The molecule has 0 aliphatic carbocycles. The van der Waals surface area contributed by atoms with E-state index in [0.717, 1.165) is 27.4 Å². The van der Waals surface area contributed by atoms with Gasteiger partial charge in [-0.3, -0.25) is 4.79 Å². The Morgan fingerprint density at radius 2 is 1.88 bits per heavy atom. The second kappa shape index (κ2) is 11.9. The summed E-state index contributed by atoms with van der Waals surface area (Å²) in [5.41, 5.74) is 6.76. The third kappa shape index (κ3) is 6.80. The van der Waals surface area contributed by atoms with Crippen LogP contribution in [0.15, 0.2) is 33.0 Å². The Balaban J connectivity index is 1.28. The van der Waals surface area contributed by atoms with E-state index in [9.17, 15) is 9.59 Å². The molecule has 5 rings (SSSR count). The molecule has 0 spiro atoms. The summed E-state index contributed by atoms with van der Waals surface area (Å²) in [5, 5.41) is 3.38. The fourth-order valence-corrected chi connectivity index (χ4v) is 6.30. The van der Waals surface area contributed by atoms with Crippen molar-refractivity contribution in [3.8, 4) is 11.5 Å². The number of imidazole rings is 1. The maximum Gasteiger partial charge on any atom is 0.408 e. The van der Waals surface area contributed by atoms with Crippen molar-refractivity contribution in [2.45, 2.75) is 68.8 Å². The predicted molar refractivity (Wildman–Crippen MR) is 157 cm³/mol. The van der Waals surface area contributed by atoms with Crippen molar-refractivity contribution in [3.05, 3.63) is 22.9 Å². The minimum Gasteiger partial charge on any atom is -0.486 e. The Morgan fingerprint density at radius 3 is 2.56 bits per heavy atom. The molecule has 2 aromatic heterocycles. The lowest BCUT2D eigenvalue weighted by Gasteiger charge is -2.34. The molecule has 0 saturated carbocycles. The smallest absolute Gasteiger partial charge is 0.408 e. The number of nitrogen functional groups attached to an aromatic ring is 1. The summed E-state index contributed by atoms with van der Waals surface area (Å²) in [6.45, 7) is 9.88. The van der Waals surface area contributed by atoms with E-state index in [0.29, 0.717) is 61.3 Å². The number of piperidine rings is 1. The van der Waals surface area contributed by atoms with Gasteiger partial charge in [0.05, 0.1) is 0 Å². The molecule has 0 radical (unpaired) electrons. The van der Waals surface area contributed by atoms with Gasteiger partial charge in [-0.15, -0.1) is 0 Å². The van der Waals surface area contributed by atoms with Crippen molar-refractivity contribution < 1.29 is 23.8 Å². The molecule has 4 heterocycles. The fourth-order valence-electron chi connectivity index (χ4n) is 4.81. The Kier molecular flexibility index (Phi) is 8.50. The number of alkyl carbamates (subject to hydrolysis) is 1. The van der Waals surface area contributed by atoms with Gasteiger partial charge in [0.1, 0.15) is 31.2 Å². The first-order chi connectivity index (χ1) is 19.5. The van der Waals surface area contributed by atoms with Crippen molar-refractivity contribution in [2.24, 2.45) is 5.92 Å². The highest BCUT2D eigenvalue weighted by Gasteiger charge is 2.29. The van der Waals surface area contributed by atoms with Gasteiger partial charge in [-0.25, -0.2) is 19.7 Å². The van der Waals surface area contributed by atoms with E-state index in [-0.39, 0.29) is 11.8 Å². The number of carbonyl (C=O) groups is 2. The Labute approximate surface area is 250 Å². The van der Waals surface area contributed by atoms with Crippen molar-refractivity contribution in [1.29, 1.82) is 0 Å². The standard InChI is InChI=1S/C27H34BrN7O5S/c1-15(32-26(37)40-27(2,3)4)24(36)34-7-5-16(6-8-34)13-35-23-21(22(29)30-14-31-23)33-25(35)41-20-12-19-18(11-17(20)28)38-9-10-39-19/h11-12,14-16H,5-10,13H2,1-4H3,(H,32,37)(H2,29,30,31)/t15-/m0/s1. The number of hydrogen-bond acceptors (Lipinski definition) is 10. The first-order valence-corrected chi connectivity index (χ1v) is 15.1. The molecule has 0 bridgehead atoms. The molecule has 220 valence electrons. The van der Waals surface area contributed by atoms with Gasteiger partial charge in [-0.2, -0.15) is 0 Å². The molecule has 41 heavy (non-hydrogen) atoms. The molecule has 3 aromatic rings. The molecule has 12 nitrogen and oxygen atoms in total. The molecule has 0 unspecified atom stereocenters. The zero-order chi connectivity index (χ0) is 29.3. The number of nitrogens with two attached hydrogens (primary N) is 1. The van der Waals surface area contributed by atoms with E-state index in [1.54, 1.807) is 32.6 Å². The van der Waals surface area contributed by atoms with Crippen molar-refractivity contribution >= 4 is 56.7 Å². The van der Waals surface area contributed by atoms with Crippen LogP contribution in [0.25, 0.3) is 11.2 Å². The minimum atomic E-state index is -0.675. The number of anilines is 1. The van der Waals surface area contributed by atoms with Gasteiger partial charge in [0.2, 0.25) is 5.91 Å². The zero-order valence-corrected chi connectivity index (χ0v) is 25.9. The third-order valence-electron chi connectivity index (χ3n) is 6.79. The summed E-state index contributed by atoms with van der Waals surface area (Å²) in [5.74, 6) is 1.88. The highest BCUT2D eigenvalue weighted by molar-refractivity contribution is 9.10. The van der Waals surface area contributed by atoms with Crippen LogP contribution in [-0.4, -0.2) is 74.4 Å². The van der Waals surface area contributed by atoms with Gasteiger partial charge in [-0.05, 0) is 74.5 Å². The fraction of sp³-hybridized carbons (Fsp3) is 0.519. The zero-order valence-electron chi connectivity index (χ0n) is 23.5. The number of ether oxygens (including phenoxy) is 3. The number of rotatable bonds is 6. The van der Waals surface area contributed by atoms with Crippen LogP contribution in [0.3, 0.4) is 0 Å². The molecular formula is C27H34BrN7O5S. The summed E-state index contributed by atoms with van der Waals surface area (Å²) in [6, 6.07) is 3.17. The van der Waals surface area contributed by atoms with Crippen LogP contribution in [0.2, 0.25) is 0 Å². The monoisotopic (exact) mass is 647 g/mol. The molecule has 1 fully saturated rings. The van der Waals surface area contributed by atoms with E-state index in [1.165, 1.54) is 18.1 Å². The topological polar surface area (TPSA) is 147 Å². The molecule has 1 saturated heterocycles. The van der Waals surface area contributed by atoms with Crippen molar-refractivity contribution in [2.75, 3.05) is 32.0 Å². The molecule has 1 atom stereocenters. The van der Waals surface area contributed by atoms with Crippen LogP contribution in [0.4, 0.5) is 10.6 Å². The first-order valence-electron chi connectivity index (χ1n) is 13.5. The van der Waals surface area contributed by atoms with Gasteiger partial charge in [0.25, 0.3) is 0 Å². The number of halogens is 1. The second-order valence-corrected chi connectivity index (χ2v) is 13.0. The summed E-state index contributed by atoms with van der Waals surface area (Å²) >= 11 is 5.14. The number of nitrogens with one attached hydrogen (secondary N) is 1. The molecular weight excluding hydrogens is 614 g/mol. The third-order valence-corrected chi connectivity index (χ3v) is 8.76. The summed E-state index contributed by atoms with van der Waals surface area (Å²) < 4.78 is 19.7. The Bertz CT molecular complexity index is 1450. The van der Waals surface area contributed by atoms with Gasteiger partial charge in [0, 0.05) is 29.0 Å². The molecule has 14 heteroatoms. The highest BCUT2D eigenvalue weighted by Crippen LogP contribution is 2.42. The lowest BCUT2D eigenvalue weighted by atomic mass is 9.96. The van der Waals surface area contributed by atoms with E-state index in [1.807, 2.05) is 12.1 Å². The number of likely N-dealkylation sites (tertiary alicyclic amines) is 1. The molecule has 2 amide bonds. The number of carbonyl (C=O) groups excluding carboxylic acids is 2. The quantitative estimate of drug-likeness (QED) is 0.398. The number of benzene rings is 1. The highest BCUT2D eigenvalue weighted by atomic mass is 79.9. The van der Waals surface area contributed by atoms with Gasteiger partial charge >= 0.3 is 6.09 Å². The second-order valence-electron chi connectivity index (χ2n) is 11.1. The molecule has 3 N–H and O–H groups in total. The van der Waals surface area contributed by atoms with Crippen LogP contribution in [0.5, 0.6) is 11.5 Å². The normalized spacial score (nSPS) is 16.5. The number of fused-ring (bicyclic) bond motifs is 2. The molecule has 2 aliphatic rings. The summed E-state index contributed by atoms with van der Waals surface area (Å²) in [7, 11) is 0. The number of aromatic nitrogens is 4. The van der Waals surface area contributed by atoms with E-state index < -0.39 is 17.7 Å². The average Bonchev–Trinajstić information content (AvgIpc) is 3.26. The van der Waals surface area contributed by atoms with Gasteiger partial charge in [0.15, 0.2) is 33.6 Å².